The molecule has 34 heavy (non-hydrogen) atoms. The fraction of sp³-hybridized carbons (Fsp3) is 0.962. The molecule has 0 amide bonds. The second-order valence-corrected chi connectivity index (χ2v) is 9.48. The monoisotopic (exact) mass is 490 g/mol. The molecule has 0 aromatic rings. The summed E-state index contributed by atoms with van der Waals surface area (Å²) in [7, 11) is 0. The molecule has 1 fully saturated rings. The van der Waals surface area contributed by atoms with Crippen LogP contribution in [-0.2, 0) is 23.7 Å². The lowest BCUT2D eigenvalue weighted by molar-refractivity contribution is -0.288. The van der Waals surface area contributed by atoms with Crippen molar-refractivity contribution in [3.8, 4) is 0 Å². The van der Waals surface area contributed by atoms with Crippen LogP contribution in [0.2, 0.25) is 0 Å². The van der Waals surface area contributed by atoms with Crippen molar-refractivity contribution >= 4 is 5.97 Å². The highest BCUT2D eigenvalue weighted by molar-refractivity contribution is 5.65. The first-order valence-corrected chi connectivity index (χ1v) is 13.5. The average molecular weight is 491 g/mol. The topological polar surface area (TPSA) is 115 Å². The maximum absolute atomic E-state index is 11.2. The van der Waals surface area contributed by atoms with Crippen LogP contribution in [0, 0.1) is 0 Å². The van der Waals surface area contributed by atoms with Crippen molar-refractivity contribution in [3.63, 3.8) is 0 Å². The lowest BCUT2D eigenvalue weighted by Gasteiger charge is -2.36. The van der Waals surface area contributed by atoms with Crippen molar-refractivity contribution in [1.82, 2.24) is 0 Å². The first-order valence-electron chi connectivity index (χ1n) is 13.5. The Balaban J connectivity index is 2.05. The first kappa shape index (κ1) is 31.3. The zero-order valence-electron chi connectivity index (χ0n) is 21.5. The molecule has 3 N–H and O–H groups in total. The van der Waals surface area contributed by atoms with Crippen LogP contribution in [0.25, 0.3) is 0 Å². The normalized spacial score (nSPS) is 23.7. The van der Waals surface area contributed by atoms with Gasteiger partial charge in [0.15, 0.2) is 6.29 Å². The molecule has 202 valence electrons. The van der Waals surface area contributed by atoms with Gasteiger partial charge in [-0.3, -0.25) is 4.79 Å². The van der Waals surface area contributed by atoms with E-state index >= 15 is 0 Å². The lowest BCUT2D eigenvalue weighted by atomic mass is 10.0. The van der Waals surface area contributed by atoms with Gasteiger partial charge in [-0.15, -0.1) is 0 Å². The summed E-state index contributed by atoms with van der Waals surface area (Å²) < 4.78 is 21.6. The largest absolute Gasteiger partial charge is 0.463 e. The van der Waals surface area contributed by atoms with E-state index in [0.29, 0.717) is 6.61 Å². The Morgan fingerprint density at radius 1 is 0.824 bits per heavy atom. The Labute approximate surface area is 206 Å². The smallest absolute Gasteiger partial charge is 0.302 e. The number of hydrogen-bond acceptors (Lipinski definition) is 8. The lowest BCUT2D eigenvalue weighted by Crippen LogP contribution is -2.55. The number of esters is 1. The summed E-state index contributed by atoms with van der Waals surface area (Å²) in [5.41, 5.74) is 0. The van der Waals surface area contributed by atoms with Crippen molar-refractivity contribution < 1.29 is 39.1 Å². The van der Waals surface area contributed by atoms with Crippen LogP contribution in [0.5, 0.6) is 0 Å². The molecule has 0 aromatic heterocycles. The Morgan fingerprint density at radius 3 is 1.88 bits per heavy atom. The second-order valence-electron chi connectivity index (χ2n) is 9.48. The molecule has 0 saturated carbocycles. The van der Waals surface area contributed by atoms with Gasteiger partial charge in [-0.1, -0.05) is 90.4 Å². The van der Waals surface area contributed by atoms with Crippen LogP contribution in [0.3, 0.4) is 0 Å². The van der Waals surface area contributed by atoms with E-state index < -0.39 is 36.7 Å². The van der Waals surface area contributed by atoms with Crippen LogP contribution in [0.1, 0.15) is 104 Å². The van der Waals surface area contributed by atoms with Crippen LogP contribution in [0.15, 0.2) is 0 Å². The molecule has 0 spiro atoms. The van der Waals surface area contributed by atoms with Gasteiger partial charge in [0.05, 0.1) is 13.2 Å². The van der Waals surface area contributed by atoms with Gasteiger partial charge in [-0.2, -0.15) is 0 Å². The van der Waals surface area contributed by atoms with E-state index in [2.05, 4.69) is 6.92 Å². The van der Waals surface area contributed by atoms with Crippen LogP contribution in [-0.4, -0.2) is 78.4 Å². The second kappa shape index (κ2) is 20.4. The quantitative estimate of drug-likeness (QED) is 0.164. The van der Waals surface area contributed by atoms with Gasteiger partial charge in [0.2, 0.25) is 0 Å². The van der Waals surface area contributed by atoms with Gasteiger partial charge in [-0.05, 0) is 6.42 Å². The zero-order chi connectivity index (χ0) is 25.0. The van der Waals surface area contributed by atoms with E-state index in [0.717, 1.165) is 12.8 Å². The molecule has 5 atom stereocenters. The molecule has 0 aromatic carbocycles. The van der Waals surface area contributed by atoms with Gasteiger partial charge in [0, 0.05) is 13.5 Å². The molecule has 8 heteroatoms. The summed E-state index contributed by atoms with van der Waals surface area (Å²) in [4.78, 5) is 11.2. The molecular formula is C26H50O8. The maximum atomic E-state index is 11.2. The Hall–Kier alpha value is -0.770. The van der Waals surface area contributed by atoms with Gasteiger partial charge < -0.3 is 34.3 Å². The number of carbonyl (C=O) groups excluding carboxylic acids is 1. The molecule has 1 rings (SSSR count). The van der Waals surface area contributed by atoms with Gasteiger partial charge in [0.25, 0.3) is 0 Å². The predicted molar refractivity (Wildman–Crippen MR) is 130 cm³/mol. The third-order valence-corrected chi connectivity index (χ3v) is 6.20. The minimum absolute atomic E-state index is 0.0424. The molecule has 0 aliphatic carbocycles. The number of aliphatic hydroxyl groups is 3. The minimum atomic E-state index is -1.39. The highest BCUT2D eigenvalue weighted by atomic mass is 16.7. The fourth-order valence-electron chi connectivity index (χ4n) is 4.04. The van der Waals surface area contributed by atoms with Crippen molar-refractivity contribution in [2.24, 2.45) is 0 Å². The van der Waals surface area contributed by atoms with E-state index in [-0.39, 0.29) is 19.8 Å². The number of unbranched alkanes of at least 4 members (excludes halogenated alkanes) is 13. The number of aliphatic hydroxyl groups excluding tert-OH is 3. The molecule has 0 radical (unpaired) electrons. The highest BCUT2D eigenvalue weighted by Crippen LogP contribution is 2.18. The maximum Gasteiger partial charge on any atom is 0.302 e. The van der Waals surface area contributed by atoms with Crippen molar-refractivity contribution in [2.45, 2.75) is 134 Å². The summed E-state index contributed by atoms with van der Waals surface area (Å²) >= 11 is 0. The van der Waals surface area contributed by atoms with E-state index in [4.69, 9.17) is 18.9 Å². The Kier molecular flexibility index (Phi) is 18.8. The number of hydrogen-bond donors (Lipinski definition) is 3. The summed E-state index contributed by atoms with van der Waals surface area (Å²) in [6.07, 6.45) is 12.5. The highest BCUT2D eigenvalue weighted by Gasteiger charge is 2.39. The molecule has 1 heterocycles. The summed E-state index contributed by atoms with van der Waals surface area (Å²) in [5, 5.41) is 29.4. The zero-order valence-corrected chi connectivity index (χ0v) is 21.5. The Morgan fingerprint density at radius 2 is 1.35 bits per heavy atom. The third kappa shape index (κ3) is 15.3. The van der Waals surface area contributed by atoms with Gasteiger partial charge >= 0.3 is 5.97 Å². The summed E-state index contributed by atoms with van der Waals surface area (Å²) in [6, 6.07) is 0. The van der Waals surface area contributed by atoms with E-state index in [1.807, 2.05) is 0 Å². The number of rotatable bonds is 21. The van der Waals surface area contributed by atoms with Crippen molar-refractivity contribution in [1.29, 1.82) is 0 Å². The van der Waals surface area contributed by atoms with E-state index in [1.165, 1.54) is 84.0 Å². The summed E-state index contributed by atoms with van der Waals surface area (Å²) in [6.45, 7) is 4.12. The fourth-order valence-corrected chi connectivity index (χ4v) is 4.04. The van der Waals surface area contributed by atoms with Crippen molar-refractivity contribution in [3.05, 3.63) is 0 Å². The average Bonchev–Trinajstić information content (AvgIpc) is 2.82. The minimum Gasteiger partial charge on any atom is -0.463 e. The van der Waals surface area contributed by atoms with Gasteiger partial charge in [0.1, 0.15) is 31.0 Å². The number of carbonyl (C=O) groups is 1. The molecule has 0 bridgehead atoms. The van der Waals surface area contributed by atoms with Gasteiger partial charge in [-0.25, -0.2) is 0 Å². The van der Waals surface area contributed by atoms with Crippen LogP contribution < -0.4 is 0 Å². The molecule has 1 aliphatic rings. The Bertz CT molecular complexity index is 489. The van der Waals surface area contributed by atoms with E-state index in [1.54, 1.807) is 0 Å². The standard InChI is InChI=1S/C26H50O8/c1-3-4-5-6-7-8-9-10-11-12-13-14-15-16-17-31-18-22(19-32-21(2)27)34-26-25(30)24(29)23(28)20-33-26/h22-26,28-30H,3-20H2,1-2H3/t22-,23+,24+,25-,26-/m0/s1. The van der Waals surface area contributed by atoms with Crippen LogP contribution >= 0.6 is 0 Å². The molecule has 1 aliphatic heterocycles. The molecule has 0 unspecified atom stereocenters. The van der Waals surface area contributed by atoms with E-state index in [9.17, 15) is 20.1 Å². The SMILES string of the molecule is CCCCCCCCCCCCCCCCOC[C@@H](COC(C)=O)O[C@@H]1OC[C@@H](O)[C@@H](O)[C@@H]1O. The summed E-state index contributed by atoms with van der Waals surface area (Å²) in [5.74, 6) is -0.443. The van der Waals surface area contributed by atoms with Crippen LogP contribution in [0.4, 0.5) is 0 Å². The molecular weight excluding hydrogens is 440 g/mol. The molecule has 1 saturated heterocycles. The van der Waals surface area contributed by atoms with Crippen molar-refractivity contribution in [2.75, 3.05) is 26.4 Å². The third-order valence-electron chi connectivity index (χ3n) is 6.20. The number of ether oxygens (including phenoxy) is 4. The first-order chi connectivity index (χ1) is 16.5. The molecule has 8 nitrogen and oxygen atoms in total. The predicted octanol–water partition coefficient (Wildman–Crippen LogP) is 3.87.